The average molecular weight is 342 g/mol. The maximum Gasteiger partial charge on any atom is 0.308 e. The number of ether oxygens (including phenoxy) is 2. The third-order valence-electron chi connectivity index (χ3n) is 5.62. The van der Waals surface area contributed by atoms with Crippen LogP contribution in [-0.4, -0.2) is 11.6 Å². The number of hydrogen-bond donors (Lipinski definition) is 0. The van der Waals surface area contributed by atoms with Gasteiger partial charge in [-0.15, -0.1) is 0 Å². The summed E-state index contributed by atoms with van der Waals surface area (Å²) in [7, 11) is 0. The summed E-state index contributed by atoms with van der Waals surface area (Å²) in [4.78, 5) is 11.7. The lowest BCUT2D eigenvalue weighted by Gasteiger charge is -2.47. The summed E-state index contributed by atoms with van der Waals surface area (Å²) in [6.07, 6.45) is 7.59. The largest absolute Gasteiger partial charge is 0.487 e. The second-order valence-corrected chi connectivity index (χ2v) is 8.11. The number of unbranched alkanes of at least 4 members (excludes halogenated alkanes) is 1. The number of benzene rings is 1. The predicted octanol–water partition coefficient (Wildman–Crippen LogP) is 5.57. The van der Waals surface area contributed by atoms with Gasteiger partial charge in [0.15, 0.2) is 0 Å². The Labute approximate surface area is 151 Å². The molecule has 0 fully saturated rings. The molecule has 25 heavy (non-hydrogen) atoms. The lowest BCUT2D eigenvalue weighted by molar-refractivity contribution is -0.132. The van der Waals surface area contributed by atoms with Crippen LogP contribution in [0.15, 0.2) is 23.8 Å². The number of aryl methyl sites for hydroxylation is 1. The van der Waals surface area contributed by atoms with Crippen LogP contribution in [0.5, 0.6) is 11.5 Å². The van der Waals surface area contributed by atoms with Gasteiger partial charge in [-0.05, 0) is 64.2 Å². The van der Waals surface area contributed by atoms with Gasteiger partial charge in [0.25, 0.3) is 0 Å². The molecular weight excluding hydrogens is 312 g/mol. The first-order chi connectivity index (χ1) is 11.8. The van der Waals surface area contributed by atoms with E-state index < -0.39 is 0 Å². The van der Waals surface area contributed by atoms with Crippen molar-refractivity contribution in [1.82, 2.24) is 0 Å². The van der Waals surface area contributed by atoms with E-state index in [1.165, 1.54) is 18.1 Å². The molecule has 0 saturated heterocycles. The molecule has 2 aliphatic rings. The molecule has 3 rings (SSSR count). The molecule has 1 aliphatic carbocycles. The zero-order valence-corrected chi connectivity index (χ0v) is 16.1. The number of fused-ring (bicyclic) bond motifs is 3. The topological polar surface area (TPSA) is 35.5 Å². The Kier molecular flexibility index (Phi) is 4.95. The molecule has 0 bridgehead atoms. The van der Waals surface area contributed by atoms with Gasteiger partial charge in [-0.25, -0.2) is 0 Å². The Morgan fingerprint density at radius 3 is 2.80 bits per heavy atom. The van der Waals surface area contributed by atoms with Crippen molar-refractivity contribution in [2.75, 3.05) is 0 Å². The third-order valence-corrected chi connectivity index (χ3v) is 5.62. The first-order valence-electron chi connectivity index (χ1n) is 9.51. The van der Waals surface area contributed by atoms with Crippen molar-refractivity contribution >= 4 is 5.97 Å². The monoisotopic (exact) mass is 342 g/mol. The molecule has 1 heterocycles. The molecule has 0 aromatic heterocycles. The van der Waals surface area contributed by atoms with Crippen molar-refractivity contribution in [2.24, 2.45) is 5.92 Å². The van der Waals surface area contributed by atoms with Crippen LogP contribution in [0.1, 0.15) is 77.3 Å². The Hall–Kier alpha value is -1.77. The van der Waals surface area contributed by atoms with Crippen molar-refractivity contribution in [3.8, 4) is 11.5 Å². The minimum absolute atomic E-state index is 0.217. The van der Waals surface area contributed by atoms with Gasteiger partial charge in [-0.2, -0.15) is 0 Å². The quantitative estimate of drug-likeness (QED) is 0.408. The first kappa shape index (κ1) is 18.0. The summed E-state index contributed by atoms with van der Waals surface area (Å²) in [5.41, 5.74) is 3.47. The van der Waals surface area contributed by atoms with Crippen LogP contribution >= 0.6 is 0 Å². The molecule has 1 aromatic rings. The first-order valence-corrected chi connectivity index (χ1v) is 9.51. The van der Waals surface area contributed by atoms with Crippen molar-refractivity contribution in [2.45, 2.75) is 78.2 Å². The maximum absolute atomic E-state index is 11.7. The Morgan fingerprint density at radius 1 is 1.36 bits per heavy atom. The van der Waals surface area contributed by atoms with E-state index in [1.807, 2.05) is 0 Å². The number of carbonyl (C=O) groups excluding carboxylic acids is 1. The van der Waals surface area contributed by atoms with Gasteiger partial charge in [-0.1, -0.05) is 25.0 Å². The average Bonchev–Trinajstić information content (AvgIpc) is 2.51. The molecular formula is C22H30O3. The number of hydrogen-bond acceptors (Lipinski definition) is 3. The smallest absolute Gasteiger partial charge is 0.308 e. The fraction of sp³-hybridized carbons (Fsp3) is 0.591. The minimum Gasteiger partial charge on any atom is -0.487 e. The van der Waals surface area contributed by atoms with Crippen LogP contribution in [0.2, 0.25) is 0 Å². The van der Waals surface area contributed by atoms with Crippen LogP contribution in [0.4, 0.5) is 0 Å². The van der Waals surface area contributed by atoms with Crippen molar-refractivity contribution < 1.29 is 14.3 Å². The van der Waals surface area contributed by atoms with E-state index in [-0.39, 0.29) is 11.6 Å². The van der Waals surface area contributed by atoms with E-state index in [0.717, 1.165) is 43.4 Å². The molecule has 0 saturated carbocycles. The molecule has 1 aromatic carbocycles. The fourth-order valence-corrected chi connectivity index (χ4v) is 4.37. The van der Waals surface area contributed by atoms with Crippen molar-refractivity contribution in [3.05, 3.63) is 34.9 Å². The lowest BCUT2D eigenvalue weighted by atomic mass is 9.67. The van der Waals surface area contributed by atoms with Gasteiger partial charge in [0.1, 0.15) is 17.1 Å². The second kappa shape index (κ2) is 6.86. The maximum atomic E-state index is 11.7. The molecule has 3 nitrogen and oxygen atoms in total. The van der Waals surface area contributed by atoms with E-state index in [4.69, 9.17) is 9.47 Å². The van der Waals surface area contributed by atoms with Crippen LogP contribution in [0.3, 0.4) is 0 Å². The van der Waals surface area contributed by atoms with Gasteiger partial charge in [-0.3, -0.25) is 4.79 Å². The predicted molar refractivity (Wildman–Crippen MR) is 100 cm³/mol. The van der Waals surface area contributed by atoms with Crippen LogP contribution in [-0.2, 0) is 11.2 Å². The molecule has 2 atom stereocenters. The molecule has 1 aliphatic heterocycles. The highest BCUT2D eigenvalue weighted by Gasteiger charge is 2.46. The second-order valence-electron chi connectivity index (χ2n) is 8.11. The van der Waals surface area contributed by atoms with Gasteiger partial charge < -0.3 is 9.47 Å². The normalized spacial score (nSPS) is 23.8. The van der Waals surface area contributed by atoms with Gasteiger partial charge >= 0.3 is 5.97 Å². The number of esters is 1. The molecule has 0 N–H and O–H groups in total. The van der Waals surface area contributed by atoms with Gasteiger partial charge in [0, 0.05) is 24.3 Å². The Morgan fingerprint density at radius 2 is 2.12 bits per heavy atom. The molecule has 0 radical (unpaired) electrons. The lowest BCUT2D eigenvalue weighted by Crippen LogP contribution is -2.45. The van der Waals surface area contributed by atoms with Crippen molar-refractivity contribution in [3.63, 3.8) is 0 Å². The highest BCUT2D eigenvalue weighted by atomic mass is 16.5. The molecule has 0 spiro atoms. The van der Waals surface area contributed by atoms with E-state index in [2.05, 4.69) is 45.9 Å². The van der Waals surface area contributed by atoms with Crippen LogP contribution < -0.4 is 9.47 Å². The van der Waals surface area contributed by atoms with E-state index in [0.29, 0.717) is 17.6 Å². The van der Waals surface area contributed by atoms with Crippen LogP contribution in [0.25, 0.3) is 0 Å². The molecule has 3 heteroatoms. The van der Waals surface area contributed by atoms with Crippen molar-refractivity contribution in [1.29, 1.82) is 0 Å². The zero-order chi connectivity index (χ0) is 18.2. The number of allylic oxidation sites excluding steroid dienone is 2. The SMILES string of the molecule is CCCCc1cc(OC(C)=O)c2c(c1)OC(C)(C)C1CC=C(C)CC21. The third kappa shape index (κ3) is 3.61. The standard InChI is InChI=1S/C22H30O3/c1-6-7-8-16-12-19(24-15(3)23)21-17-11-14(2)9-10-18(17)22(4,5)25-20(21)13-16/h9,12-13,17-18H,6-8,10-11H2,1-5H3. The van der Waals surface area contributed by atoms with Gasteiger partial charge in [0.2, 0.25) is 0 Å². The summed E-state index contributed by atoms with van der Waals surface area (Å²) in [6, 6.07) is 4.23. The zero-order valence-electron chi connectivity index (χ0n) is 16.1. The Bertz CT molecular complexity index is 699. The van der Waals surface area contributed by atoms with Gasteiger partial charge in [0.05, 0.1) is 0 Å². The highest BCUT2D eigenvalue weighted by molar-refractivity contribution is 5.71. The van der Waals surface area contributed by atoms with Crippen LogP contribution in [0, 0.1) is 5.92 Å². The molecule has 136 valence electrons. The fourth-order valence-electron chi connectivity index (χ4n) is 4.37. The summed E-state index contributed by atoms with van der Waals surface area (Å²) >= 11 is 0. The highest BCUT2D eigenvalue weighted by Crippen LogP contribution is 2.54. The summed E-state index contributed by atoms with van der Waals surface area (Å²) in [5.74, 6) is 2.10. The molecule has 2 unspecified atom stereocenters. The summed E-state index contributed by atoms with van der Waals surface area (Å²) < 4.78 is 12.1. The number of rotatable bonds is 4. The number of carbonyl (C=O) groups is 1. The van der Waals surface area contributed by atoms with E-state index in [9.17, 15) is 4.79 Å². The Balaban J connectivity index is 2.11. The summed E-state index contributed by atoms with van der Waals surface area (Å²) in [6.45, 7) is 10.2. The van der Waals surface area contributed by atoms with E-state index in [1.54, 1.807) is 0 Å². The molecule has 0 amide bonds. The van der Waals surface area contributed by atoms with E-state index >= 15 is 0 Å². The minimum atomic E-state index is -0.265. The summed E-state index contributed by atoms with van der Waals surface area (Å²) in [5, 5.41) is 0.